The van der Waals surface area contributed by atoms with Gasteiger partial charge in [0.15, 0.2) is 0 Å². The van der Waals surface area contributed by atoms with Crippen LogP contribution in [0.1, 0.15) is 31.4 Å². The minimum absolute atomic E-state index is 0.694. The largest absolute Gasteiger partial charge is 0.289 e. The minimum Gasteiger partial charge on any atom is -0.289 e. The quantitative estimate of drug-likeness (QED) is 0.674. The normalized spacial score (nSPS) is 15.2. The standard InChI is InChI=1S/C13H17N/c1-10(2)9-13-12-6-4-3-5-11(12)7-8-14-13/h3-6,10H,7-9H2,1-2H3. The van der Waals surface area contributed by atoms with Crippen molar-refractivity contribution < 1.29 is 0 Å². The Labute approximate surface area is 85.9 Å². The lowest BCUT2D eigenvalue weighted by Crippen LogP contribution is -2.14. The molecule has 0 bridgehead atoms. The highest BCUT2D eigenvalue weighted by Gasteiger charge is 2.13. The zero-order valence-corrected chi connectivity index (χ0v) is 8.96. The Balaban J connectivity index is 2.31. The first-order chi connectivity index (χ1) is 6.77. The van der Waals surface area contributed by atoms with E-state index >= 15 is 0 Å². The summed E-state index contributed by atoms with van der Waals surface area (Å²) in [7, 11) is 0. The van der Waals surface area contributed by atoms with Crippen molar-refractivity contribution in [1.82, 2.24) is 0 Å². The molecule has 1 aliphatic rings. The first kappa shape index (κ1) is 9.45. The Morgan fingerprint density at radius 3 is 2.86 bits per heavy atom. The van der Waals surface area contributed by atoms with Gasteiger partial charge in [-0.15, -0.1) is 0 Å². The van der Waals surface area contributed by atoms with Gasteiger partial charge in [-0.25, -0.2) is 0 Å². The van der Waals surface area contributed by atoms with Crippen LogP contribution in [-0.2, 0) is 6.42 Å². The number of hydrogen-bond acceptors (Lipinski definition) is 1. The van der Waals surface area contributed by atoms with Crippen molar-refractivity contribution in [3.63, 3.8) is 0 Å². The van der Waals surface area contributed by atoms with E-state index < -0.39 is 0 Å². The highest BCUT2D eigenvalue weighted by Crippen LogP contribution is 2.19. The molecule has 0 saturated heterocycles. The van der Waals surface area contributed by atoms with Crippen LogP contribution in [0.3, 0.4) is 0 Å². The Morgan fingerprint density at radius 1 is 1.29 bits per heavy atom. The molecule has 0 fully saturated rings. The predicted octanol–water partition coefficient (Wildman–Crippen LogP) is 3.08. The van der Waals surface area contributed by atoms with Crippen LogP contribution >= 0.6 is 0 Å². The first-order valence-corrected chi connectivity index (χ1v) is 5.39. The molecular weight excluding hydrogens is 170 g/mol. The van der Waals surface area contributed by atoms with Crippen molar-refractivity contribution >= 4 is 5.71 Å². The number of benzene rings is 1. The van der Waals surface area contributed by atoms with E-state index in [4.69, 9.17) is 0 Å². The zero-order chi connectivity index (χ0) is 9.97. The van der Waals surface area contributed by atoms with Gasteiger partial charge in [0.2, 0.25) is 0 Å². The Bertz CT molecular complexity index is 350. The SMILES string of the molecule is CC(C)CC1=NCCc2ccccc21. The summed E-state index contributed by atoms with van der Waals surface area (Å²) in [6, 6.07) is 8.66. The Hall–Kier alpha value is -1.11. The van der Waals surface area contributed by atoms with E-state index in [9.17, 15) is 0 Å². The zero-order valence-electron chi connectivity index (χ0n) is 8.96. The molecule has 0 atom stereocenters. The van der Waals surface area contributed by atoms with E-state index in [1.807, 2.05) is 0 Å². The van der Waals surface area contributed by atoms with E-state index in [0.29, 0.717) is 5.92 Å². The maximum atomic E-state index is 4.63. The van der Waals surface area contributed by atoms with Gasteiger partial charge < -0.3 is 0 Å². The molecule has 0 unspecified atom stereocenters. The van der Waals surface area contributed by atoms with Crippen LogP contribution in [0.4, 0.5) is 0 Å². The minimum atomic E-state index is 0.694. The lowest BCUT2D eigenvalue weighted by molar-refractivity contribution is 0.679. The molecule has 1 heterocycles. The van der Waals surface area contributed by atoms with Gasteiger partial charge in [-0.3, -0.25) is 4.99 Å². The molecule has 1 nitrogen and oxygen atoms in total. The van der Waals surface area contributed by atoms with Crippen molar-refractivity contribution in [3.8, 4) is 0 Å². The van der Waals surface area contributed by atoms with Crippen LogP contribution in [0.15, 0.2) is 29.3 Å². The first-order valence-electron chi connectivity index (χ1n) is 5.39. The second-order valence-electron chi connectivity index (χ2n) is 4.33. The van der Waals surface area contributed by atoms with Gasteiger partial charge >= 0.3 is 0 Å². The number of hydrogen-bond donors (Lipinski definition) is 0. The predicted molar refractivity (Wildman–Crippen MR) is 61.0 cm³/mol. The lowest BCUT2D eigenvalue weighted by atomic mass is 9.93. The molecule has 14 heavy (non-hydrogen) atoms. The average molecular weight is 187 g/mol. The molecule has 0 N–H and O–H groups in total. The summed E-state index contributed by atoms with van der Waals surface area (Å²) in [4.78, 5) is 4.63. The number of rotatable bonds is 2. The molecule has 1 heteroatoms. The van der Waals surface area contributed by atoms with Crippen molar-refractivity contribution in [2.45, 2.75) is 26.7 Å². The molecule has 0 radical (unpaired) electrons. The summed E-state index contributed by atoms with van der Waals surface area (Å²) >= 11 is 0. The number of nitrogens with zero attached hydrogens (tertiary/aromatic N) is 1. The monoisotopic (exact) mass is 187 g/mol. The summed E-state index contributed by atoms with van der Waals surface area (Å²) < 4.78 is 0. The number of aliphatic imine (C=N–C) groups is 1. The van der Waals surface area contributed by atoms with Crippen LogP contribution in [0.25, 0.3) is 0 Å². The van der Waals surface area contributed by atoms with Crippen LogP contribution in [0, 0.1) is 5.92 Å². The van der Waals surface area contributed by atoms with Crippen LogP contribution in [0.2, 0.25) is 0 Å². The average Bonchev–Trinajstić information content (AvgIpc) is 2.18. The Kier molecular flexibility index (Phi) is 2.67. The summed E-state index contributed by atoms with van der Waals surface area (Å²) in [5, 5.41) is 0. The molecular formula is C13H17N. The number of fused-ring (bicyclic) bond motifs is 1. The van der Waals surface area contributed by atoms with Crippen molar-refractivity contribution in [2.24, 2.45) is 10.9 Å². The fourth-order valence-corrected chi connectivity index (χ4v) is 1.98. The van der Waals surface area contributed by atoms with E-state index in [1.165, 1.54) is 16.8 Å². The molecule has 0 aliphatic carbocycles. The van der Waals surface area contributed by atoms with Gasteiger partial charge in [-0.2, -0.15) is 0 Å². The van der Waals surface area contributed by atoms with Crippen LogP contribution in [-0.4, -0.2) is 12.3 Å². The third-order valence-corrected chi connectivity index (χ3v) is 2.61. The summed E-state index contributed by atoms with van der Waals surface area (Å²) in [6.45, 7) is 5.47. The highest BCUT2D eigenvalue weighted by atomic mass is 14.7. The fourth-order valence-electron chi connectivity index (χ4n) is 1.98. The highest BCUT2D eigenvalue weighted by molar-refractivity contribution is 6.02. The summed E-state index contributed by atoms with van der Waals surface area (Å²) in [6.07, 6.45) is 2.22. The van der Waals surface area contributed by atoms with Gasteiger partial charge in [0.25, 0.3) is 0 Å². The summed E-state index contributed by atoms with van der Waals surface area (Å²) in [5.41, 5.74) is 4.16. The van der Waals surface area contributed by atoms with Crippen LogP contribution in [0.5, 0.6) is 0 Å². The fraction of sp³-hybridized carbons (Fsp3) is 0.462. The molecule has 0 amide bonds. The molecule has 1 aromatic carbocycles. The molecule has 1 aliphatic heterocycles. The molecule has 0 spiro atoms. The third-order valence-electron chi connectivity index (χ3n) is 2.61. The second kappa shape index (κ2) is 3.95. The molecule has 1 aromatic rings. The van der Waals surface area contributed by atoms with E-state index in [-0.39, 0.29) is 0 Å². The molecule has 2 rings (SSSR count). The van der Waals surface area contributed by atoms with Crippen molar-refractivity contribution in [1.29, 1.82) is 0 Å². The van der Waals surface area contributed by atoms with Crippen molar-refractivity contribution in [2.75, 3.05) is 6.54 Å². The van der Waals surface area contributed by atoms with E-state index in [0.717, 1.165) is 19.4 Å². The third kappa shape index (κ3) is 1.87. The van der Waals surface area contributed by atoms with Crippen LogP contribution < -0.4 is 0 Å². The van der Waals surface area contributed by atoms with Gasteiger partial charge in [-0.05, 0) is 29.9 Å². The summed E-state index contributed by atoms with van der Waals surface area (Å²) in [5.74, 6) is 0.694. The molecule has 0 saturated carbocycles. The Morgan fingerprint density at radius 2 is 2.07 bits per heavy atom. The van der Waals surface area contributed by atoms with Gasteiger partial charge in [0.05, 0.1) is 0 Å². The maximum absolute atomic E-state index is 4.63. The van der Waals surface area contributed by atoms with E-state index in [2.05, 4.69) is 43.1 Å². The smallest absolute Gasteiger partial charge is 0.0433 e. The molecule has 74 valence electrons. The van der Waals surface area contributed by atoms with Gasteiger partial charge in [-0.1, -0.05) is 38.1 Å². The van der Waals surface area contributed by atoms with Gasteiger partial charge in [0.1, 0.15) is 0 Å². The lowest BCUT2D eigenvalue weighted by Gasteiger charge is -2.17. The topological polar surface area (TPSA) is 12.4 Å². The van der Waals surface area contributed by atoms with Gasteiger partial charge in [0, 0.05) is 12.3 Å². The van der Waals surface area contributed by atoms with Crippen molar-refractivity contribution in [3.05, 3.63) is 35.4 Å². The van der Waals surface area contributed by atoms with E-state index in [1.54, 1.807) is 0 Å². The second-order valence-corrected chi connectivity index (χ2v) is 4.33. The molecule has 0 aromatic heterocycles. The maximum Gasteiger partial charge on any atom is 0.0433 e.